The average Bonchev–Trinajstić information content (AvgIpc) is 3.11. The highest BCUT2D eigenvalue weighted by Gasteiger charge is 2.15. The summed E-state index contributed by atoms with van der Waals surface area (Å²) in [7, 11) is 0. The number of nitrogens with one attached hydrogen (secondary N) is 1. The lowest BCUT2D eigenvalue weighted by Crippen LogP contribution is -2.15. The first-order valence-corrected chi connectivity index (χ1v) is 11.1. The Morgan fingerprint density at radius 2 is 1.97 bits per heavy atom. The van der Waals surface area contributed by atoms with Crippen molar-refractivity contribution in [1.82, 2.24) is 14.8 Å². The van der Waals surface area contributed by atoms with Gasteiger partial charge in [0.25, 0.3) is 0 Å². The van der Waals surface area contributed by atoms with Crippen LogP contribution in [0.25, 0.3) is 0 Å². The number of hydrogen-bond acceptors (Lipinski definition) is 5. The molecule has 6 nitrogen and oxygen atoms in total. The predicted octanol–water partition coefficient (Wildman–Crippen LogP) is 5.53. The first-order valence-electron chi connectivity index (χ1n) is 9.37. The molecule has 3 aromatic rings. The van der Waals surface area contributed by atoms with Crippen LogP contribution in [-0.4, -0.2) is 26.4 Å². The molecule has 30 heavy (non-hydrogen) atoms. The van der Waals surface area contributed by atoms with E-state index in [1.54, 1.807) is 18.2 Å². The zero-order valence-electron chi connectivity index (χ0n) is 16.9. The molecule has 1 heterocycles. The van der Waals surface area contributed by atoms with Crippen LogP contribution in [0.5, 0.6) is 5.75 Å². The van der Waals surface area contributed by atoms with Crippen LogP contribution in [0.2, 0.25) is 10.0 Å². The van der Waals surface area contributed by atoms with E-state index in [2.05, 4.69) is 15.5 Å². The molecular weight excluding hydrogens is 443 g/mol. The average molecular weight is 465 g/mol. The van der Waals surface area contributed by atoms with Gasteiger partial charge in [0.2, 0.25) is 5.91 Å². The van der Waals surface area contributed by atoms with Gasteiger partial charge in [0, 0.05) is 11.6 Å². The smallest absolute Gasteiger partial charge is 0.234 e. The van der Waals surface area contributed by atoms with Crippen molar-refractivity contribution >= 4 is 46.6 Å². The number of aromatic nitrogens is 3. The predicted molar refractivity (Wildman–Crippen MR) is 122 cm³/mol. The fraction of sp³-hybridized carbons (Fsp3) is 0.286. The maximum Gasteiger partial charge on any atom is 0.234 e. The lowest BCUT2D eigenvalue weighted by atomic mass is 10.1. The summed E-state index contributed by atoms with van der Waals surface area (Å²) in [6.07, 6.45) is 0. The zero-order chi connectivity index (χ0) is 21.7. The minimum absolute atomic E-state index is 0.176. The summed E-state index contributed by atoms with van der Waals surface area (Å²) in [6, 6.07) is 11.0. The van der Waals surface area contributed by atoms with Gasteiger partial charge in [-0.25, -0.2) is 0 Å². The Kier molecular flexibility index (Phi) is 7.64. The lowest BCUT2D eigenvalue weighted by Gasteiger charge is -2.11. The van der Waals surface area contributed by atoms with Crippen LogP contribution >= 0.6 is 35.0 Å². The minimum atomic E-state index is -0.192. The molecule has 0 fully saturated rings. The van der Waals surface area contributed by atoms with Crippen molar-refractivity contribution in [3.63, 3.8) is 0 Å². The number of benzene rings is 2. The molecule has 0 radical (unpaired) electrons. The molecule has 2 aromatic carbocycles. The van der Waals surface area contributed by atoms with Gasteiger partial charge in [0.1, 0.15) is 12.4 Å². The van der Waals surface area contributed by atoms with Crippen LogP contribution in [0.4, 0.5) is 5.69 Å². The number of nitrogens with zero attached hydrogens (tertiary/aromatic N) is 3. The van der Waals surface area contributed by atoms with Gasteiger partial charge in [-0.3, -0.25) is 4.79 Å². The van der Waals surface area contributed by atoms with Gasteiger partial charge in [-0.15, -0.1) is 10.2 Å². The quantitative estimate of drug-likeness (QED) is 0.443. The number of anilines is 1. The summed E-state index contributed by atoms with van der Waals surface area (Å²) in [4.78, 5) is 12.3. The molecule has 0 atom stereocenters. The molecule has 3 rings (SSSR count). The van der Waals surface area contributed by atoms with E-state index in [4.69, 9.17) is 27.9 Å². The summed E-state index contributed by atoms with van der Waals surface area (Å²) < 4.78 is 7.89. The Morgan fingerprint density at radius 1 is 1.17 bits per heavy atom. The number of thioether (sulfide) groups is 1. The fourth-order valence-electron chi connectivity index (χ4n) is 2.76. The van der Waals surface area contributed by atoms with Crippen molar-refractivity contribution in [3.8, 4) is 5.75 Å². The molecule has 9 heteroatoms. The molecular formula is C21H22Cl2N4O2S. The maximum absolute atomic E-state index is 12.3. The van der Waals surface area contributed by atoms with Crippen LogP contribution in [0, 0.1) is 13.8 Å². The number of ether oxygens (including phenoxy) is 1. The number of carbonyl (C=O) groups is 1. The second-order valence-electron chi connectivity index (χ2n) is 6.66. The van der Waals surface area contributed by atoms with Gasteiger partial charge >= 0.3 is 0 Å². The van der Waals surface area contributed by atoms with Gasteiger partial charge in [0.15, 0.2) is 11.0 Å². The van der Waals surface area contributed by atoms with Crippen LogP contribution in [0.15, 0.2) is 41.6 Å². The summed E-state index contributed by atoms with van der Waals surface area (Å²) in [5, 5.41) is 12.8. The lowest BCUT2D eigenvalue weighted by molar-refractivity contribution is -0.113. The number of amides is 1. The van der Waals surface area contributed by atoms with E-state index in [0.29, 0.717) is 39.9 Å². The van der Waals surface area contributed by atoms with Crippen molar-refractivity contribution < 1.29 is 9.53 Å². The number of aryl methyl sites for hydroxylation is 2. The first-order chi connectivity index (χ1) is 14.4. The Bertz CT molecular complexity index is 1060. The molecule has 0 aliphatic carbocycles. The molecule has 1 N–H and O–H groups in total. The highest BCUT2D eigenvalue weighted by atomic mass is 35.5. The summed E-state index contributed by atoms with van der Waals surface area (Å²) in [5.74, 6) is 1.52. The van der Waals surface area contributed by atoms with Crippen molar-refractivity contribution in [3.05, 3.63) is 63.4 Å². The van der Waals surface area contributed by atoms with E-state index in [0.717, 1.165) is 16.9 Å². The van der Waals surface area contributed by atoms with Gasteiger partial charge in [0.05, 0.1) is 16.5 Å². The SMILES string of the molecule is CCn1c(COc2cc(C)ccc2C)nnc1SCC(=O)Nc1ccc(Cl)cc1Cl. The molecule has 0 bridgehead atoms. The molecule has 0 spiro atoms. The van der Waals surface area contributed by atoms with Crippen LogP contribution < -0.4 is 10.1 Å². The van der Waals surface area contributed by atoms with Crippen molar-refractivity contribution in [2.45, 2.75) is 39.1 Å². The van der Waals surface area contributed by atoms with Crippen molar-refractivity contribution in [1.29, 1.82) is 0 Å². The van der Waals surface area contributed by atoms with E-state index in [9.17, 15) is 4.79 Å². The van der Waals surface area contributed by atoms with Crippen LogP contribution in [0.3, 0.4) is 0 Å². The summed E-state index contributed by atoms with van der Waals surface area (Å²) >= 11 is 13.3. The maximum atomic E-state index is 12.3. The Morgan fingerprint density at radius 3 is 2.70 bits per heavy atom. The van der Waals surface area contributed by atoms with Gasteiger partial charge in [-0.2, -0.15) is 0 Å². The Balaban J connectivity index is 1.61. The number of halogens is 2. The summed E-state index contributed by atoms with van der Waals surface area (Å²) in [6.45, 7) is 7.01. The van der Waals surface area contributed by atoms with Crippen LogP contribution in [-0.2, 0) is 17.9 Å². The molecule has 0 aliphatic rings. The topological polar surface area (TPSA) is 69.0 Å². The second kappa shape index (κ2) is 10.2. The second-order valence-corrected chi connectivity index (χ2v) is 8.45. The zero-order valence-corrected chi connectivity index (χ0v) is 19.2. The van der Waals surface area contributed by atoms with E-state index in [1.807, 2.05) is 43.5 Å². The molecule has 0 saturated carbocycles. The fourth-order valence-corrected chi connectivity index (χ4v) is 4.04. The standard InChI is InChI=1S/C21H22Cl2N4O2S/c1-4-27-19(11-29-18-9-13(2)5-6-14(18)3)25-26-21(27)30-12-20(28)24-17-8-7-15(22)10-16(17)23/h5-10H,4,11-12H2,1-3H3,(H,24,28). The van der Waals surface area contributed by atoms with Crippen molar-refractivity contribution in [2.75, 3.05) is 11.1 Å². The number of carbonyl (C=O) groups excluding carboxylic acids is 1. The van der Waals surface area contributed by atoms with Gasteiger partial charge in [-0.1, -0.05) is 47.1 Å². The van der Waals surface area contributed by atoms with Gasteiger partial charge in [-0.05, 0) is 56.2 Å². The molecule has 0 saturated heterocycles. The van der Waals surface area contributed by atoms with E-state index in [-0.39, 0.29) is 11.7 Å². The first kappa shape index (κ1) is 22.5. The highest BCUT2D eigenvalue weighted by molar-refractivity contribution is 7.99. The van der Waals surface area contributed by atoms with Gasteiger partial charge < -0.3 is 14.6 Å². The third-order valence-electron chi connectivity index (χ3n) is 4.35. The number of rotatable bonds is 8. The van der Waals surface area contributed by atoms with E-state index < -0.39 is 0 Å². The molecule has 1 aromatic heterocycles. The third-order valence-corrected chi connectivity index (χ3v) is 5.86. The third kappa shape index (κ3) is 5.68. The molecule has 158 valence electrons. The normalized spacial score (nSPS) is 10.8. The van der Waals surface area contributed by atoms with Crippen molar-refractivity contribution in [2.24, 2.45) is 0 Å². The minimum Gasteiger partial charge on any atom is -0.485 e. The summed E-state index contributed by atoms with van der Waals surface area (Å²) in [5.41, 5.74) is 2.72. The Hall–Kier alpha value is -2.22. The molecule has 1 amide bonds. The number of hydrogen-bond donors (Lipinski definition) is 1. The monoisotopic (exact) mass is 464 g/mol. The Labute approximate surface area is 189 Å². The van der Waals surface area contributed by atoms with E-state index in [1.165, 1.54) is 11.8 Å². The highest BCUT2D eigenvalue weighted by Crippen LogP contribution is 2.26. The van der Waals surface area contributed by atoms with E-state index >= 15 is 0 Å². The van der Waals surface area contributed by atoms with Crippen LogP contribution in [0.1, 0.15) is 23.9 Å². The molecule has 0 aliphatic heterocycles. The largest absolute Gasteiger partial charge is 0.485 e. The molecule has 0 unspecified atom stereocenters.